The second-order valence-electron chi connectivity index (χ2n) is 18.6. The number of hydrogen-bond acceptors (Lipinski definition) is 4. The molecule has 0 fully saturated rings. The van der Waals surface area contributed by atoms with Crippen LogP contribution < -0.4 is 0 Å². The first-order chi connectivity index (χ1) is 38.2. The molecule has 10 aromatic carbocycles. The summed E-state index contributed by atoms with van der Waals surface area (Å²) in [5.74, 6) is -11.7. The van der Waals surface area contributed by atoms with Crippen LogP contribution in [0.2, 0.25) is 0 Å². The van der Waals surface area contributed by atoms with Gasteiger partial charge in [0.1, 0.15) is 5.56 Å². The summed E-state index contributed by atoms with van der Waals surface area (Å²) in [7, 11) is 0. The summed E-state index contributed by atoms with van der Waals surface area (Å²) in [5, 5.41) is 41.8. The van der Waals surface area contributed by atoms with Crippen molar-refractivity contribution in [3.8, 4) is 91.3 Å². The first-order valence-corrected chi connectivity index (χ1v) is 24.2. The predicted octanol–water partition coefficient (Wildman–Crippen LogP) is 17.4. The van der Waals surface area contributed by atoms with Crippen LogP contribution in [0.15, 0.2) is 182 Å². The molecule has 0 saturated heterocycles. The number of benzene rings is 10. The van der Waals surface area contributed by atoms with Crippen molar-refractivity contribution < 1.29 is 35.1 Å². The number of rotatable bonds is 7. The predicted molar refractivity (Wildman–Crippen MR) is 286 cm³/mol. The third-order valence-corrected chi connectivity index (χ3v) is 14.3. The van der Waals surface area contributed by atoms with Crippen molar-refractivity contribution in [1.29, 1.82) is 21.0 Å². The van der Waals surface area contributed by atoms with E-state index in [1.807, 2.05) is 0 Å². The highest BCUT2D eigenvalue weighted by Crippen LogP contribution is 2.49. The molecule has 6 nitrogen and oxygen atoms in total. The second kappa shape index (κ2) is 18.8. The fraction of sp³-hybridized carbons (Fsp3) is 0.0154. The monoisotopic (exact) mass is 1050 g/mol. The van der Waals surface area contributed by atoms with Gasteiger partial charge in [-0.15, -0.1) is 0 Å². The van der Waals surface area contributed by atoms with Gasteiger partial charge in [0.15, 0.2) is 23.3 Å². The van der Waals surface area contributed by atoms with Gasteiger partial charge < -0.3 is 9.13 Å². The van der Waals surface area contributed by atoms with Crippen molar-refractivity contribution in [2.75, 3.05) is 0 Å². The van der Waals surface area contributed by atoms with Gasteiger partial charge in [-0.3, -0.25) is 0 Å². The van der Waals surface area contributed by atoms with E-state index in [0.717, 1.165) is 12.1 Å². The lowest BCUT2D eigenvalue weighted by Crippen LogP contribution is -2.16. The molecule has 14 heteroatoms. The number of hydrogen-bond donors (Lipinski definition) is 0. The maximum Gasteiger partial charge on any atom is 0.420 e. The lowest BCUT2D eigenvalue weighted by Gasteiger charge is -2.23. The van der Waals surface area contributed by atoms with E-state index in [4.69, 9.17) is 0 Å². The Hall–Kier alpha value is -10.8. The van der Waals surface area contributed by atoms with Crippen LogP contribution in [0, 0.1) is 74.4 Å². The van der Waals surface area contributed by atoms with Gasteiger partial charge in [-0.1, -0.05) is 97.1 Å². The molecule has 0 unspecified atom stereocenters. The van der Waals surface area contributed by atoms with Crippen LogP contribution in [0.25, 0.3) is 111 Å². The minimum absolute atomic E-state index is 0.105. The molecule has 0 aliphatic carbocycles. The third kappa shape index (κ3) is 7.81. The Balaban J connectivity index is 1.25. The van der Waals surface area contributed by atoms with Crippen molar-refractivity contribution in [3.63, 3.8) is 0 Å². The Morgan fingerprint density at radius 2 is 0.582 bits per heavy atom. The van der Waals surface area contributed by atoms with Crippen molar-refractivity contribution in [1.82, 2.24) is 9.13 Å². The van der Waals surface area contributed by atoms with E-state index in [1.54, 1.807) is 146 Å². The Morgan fingerprint density at radius 3 is 0.848 bits per heavy atom. The molecular weight excluding hydrogens is 1020 g/mol. The highest BCUT2D eigenvalue weighted by Gasteiger charge is 2.41. The molecule has 0 atom stereocenters. The van der Waals surface area contributed by atoms with Crippen LogP contribution in [0.3, 0.4) is 0 Å². The summed E-state index contributed by atoms with van der Waals surface area (Å²) in [6.45, 7) is 0. The average Bonchev–Trinajstić information content (AvgIpc) is 3.92. The van der Waals surface area contributed by atoms with Crippen molar-refractivity contribution >= 4 is 43.6 Å². The molecule has 0 saturated carbocycles. The molecule has 376 valence electrons. The van der Waals surface area contributed by atoms with E-state index in [0.29, 0.717) is 88.3 Å². The van der Waals surface area contributed by atoms with E-state index in [-0.39, 0.29) is 22.1 Å². The standard InChI is InChI=1S/C65H30F8N6/c66-60-58(61(67)63(69)64(70)62(60)68)43-29-56(78-52-21-17-35(44-13-5-1-9-39(44)31-74)25-48(52)49-26-36(18-22-53(49)78)45-14-6-2-10-40(45)32-75)59(65(71,72)73)57(30-43)79-54-23-19-37(46-15-7-3-11-41(46)33-76)27-50(54)51-28-38(20-24-55(51)79)47-16-8-4-12-42(47)34-77/h1-30H. The minimum atomic E-state index is -5.36. The molecule has 0 spiro atoms. The second-order valence-corrected chi connectivity index (χ2v) is 18.6. The fourth-order valence-corrected chi connectivity index (χ4v) is 10.8. The lowest BCUT2D eigenvalue weighted by atomic mass is 9.96. The summed E-state index contributed by atoms with van der Waals surface area (Å²) in [6, 6.07) is 56.2. The maximum atomic E-state index is 17.0. The van der Waals surface area contributed by atoms with Crippen LogP contribution in [-0.4, -0.2) is 9.13 Å². The first kappa shape index (κ1) is 49.1. The maximum absolute atomic E-state index is 17.0. The van der Waals surface area contributed by atoms with Crippen molar-refractivity contribution in [2.24, 2.45) is 0 Å². The minimum Gasteiger partial charge on any atom is -0.309 e. The normalized spacial score (nSPS) is 11.5. The summed E-state index contributed by atoms with van der Waals surface area (Å²) in [6.07, 6.45) is -5.36. The van der Waals surface area contributed by atoms with Gasteiger partial charge >= 0.3 is 6.18 Å². The molecule has 0 amide bonds. The summed E-state index contributed by atoms with van der Waals surface area (Å²) < 4.78 is 132. The number of aromatic nitrogens is 2. The average molecular weight is 1050 g/mol. The molecule has 12 aromatic rings. The number of nitrogens with zero attached hydrogens (tertiary/aromatic N) is 6. The molecule has 0 aliphatic rings. The van der Waals surface area contributed by atoms with Crippen LogP contribution >= 0.6 is 0 Å². The number of fused-ring (bicyclic) bond motifs is 6. The fourth-order valence-electron chi connectivity index (χ4n) is 10.8. The summed E-state index contributed by atoms with van der Waals surface area (Å²) in [4.78, 5) is 0. The van der Waals surface area contributed by atoms with Crippen LogP contribution in [0.4, 0.5) is 35.1 Å². The number of nitriles is 4. The van der Waals surface area contributed by atoms with Crippen LogP contribution in [-0.2, 0) is 6.18 Å². The molecule has 12 rings (SSSR count). The van der Waals surface area contributed by atoms with E-state index in [9.17, 15) is 25.4 Å². The molecular formula is C65H30F8N6. The van der Waals surface area contributed by atoms with E-state index >= 15 is 30.7 Å². The Bertz CT molecular complexity index is 4270. The molecule has 0 aliphatic heterocycles. The zero-order valence-corrected chi connectivity index (χ0v) is 40.5. The number of alkyl halides is 3. The molecule has 79 heavy (non-hydrogen) atoms. The Labute approximate surface area is 443 Å². The van der Waals surface area contributed by atoms with Gasteiger partial charge in [0.25, 0.3) is 0 Å². The van der Waals surface area contributed by atoms with Gasteiger partial charge in [0.05, 0.1) is 85.5 Å². The van der Waals surface area contributed by atoms with Crippen LogP contribution in [0.5, 0.6) is 0 Å². The Kier molecular flexibility index (Phi) is 11.7. The van der Waals surface area contributed by atoms with Crippen molar-refractivity contribution in [3.05, 3.63) is 239 Å². The SMILES string of the molecule is N#Cc1ccccc1-c1ccc2c(c1)c1cc(-c3ccccc3C#N)ccc1n2-c1cc(-c2c(F)c(F)c(F)c(F)c2F)cc(-n2c3ccc(-c4ccccc4C#N)cc3c3cc(-c4ccccc4C#N)ccc32)c1C(F)(F)F. The third-order valence-electron chi connectivity index (χ3n) is 14.3. The first-order valence-electron chi connectivity index (χ1n) is 24.2. The highest BCUT2D eigenvalue weighted by molar-refractivity contribution is 6.14. The molecule has 2 heterocycles. The number of halogens is 8. The van der Waals surface area contributed by atoms with E-state index in [1.165, 1.54) is 33.4 Å². The smallest absolute Gasteiger partial charge is 0.309 e. The summed E-state index contributed by atoms with van der Waals surface area (Å²) in [5.41, 5.74) is 0.343. The van der Waals surface area contributed by atoms with Gasteiger partial charge in [-0.25, -0.2) is 22.0 Å². The molecule has 2 aromatic heterocycles. The zero-order chi connectivity index (χ0) is 55.0. The van der Waals surface area contributed by atoms with Gasteiger partial charge in [-0.05, 0) is 135 Å². The van der Waals surface area contributed by atoms with Crippen LogP contribution in [0.1, 0.15) is 27.8 Å². The molecule has 0 N–H and O–H groups in total. The quantitative estimate of drug-likeness (QED) is 0.0900. The molecule has 0 bridgehead atoms. The lowest BCUT2D eigenvalue weighted by molar-refractivity contribution is -0.137. The Morgan fingerprint density at radius 1 is 0.316 bits per heavy atom. The highest BCUT2D eigenvalue weighted by atomic mass is 19.4. The van der Waals surface area contributed by atoms with E-state index < -0.39 is 63.3 Å². The largest absolute Gasteiger partial charge is 0.420 e. The van der Waals surface area contributed by atoms with Gasteiger partial charge in [-0.2, -0.15) is 34.2 Å². The van der Waals surface area contributed by atoms with Gasteiger partial charge in [0, 0.05) is 21.5 Å². The zero-order valence-electron chi connectivity index (χ0n) is 40.5. The molecule has 0 radical (unpaired) electrons. The van der Waals surface area contributed by atoms with Crippen molar-refractivity contribution in [2.45, 2.75) is 6.18 Å². The van der Waals surface area contributed by atoms with Gasteiger partial charge in [0.2, 0.25) is 5.82 Å². The summed E-state index contributed by atoms with van der Waals surface area (Å²) >= 11 is 0. The van der Waals surface area contributed by atoms with E-state index in [2.05, 4.69) is 24.3 Å². The topological polar surface area (TPSA) is 105 Å².